The molecule has 0 radical (unpaired) electrons. The molecule has 1 aliphatic rings. The fraction of sp³-hybridized carbons (Fsp3) is 0.400. The predicted molar refractivity (Wildman–Crippen MR) is 69.6 cm³/mol. The smallest absolute Gasteiger partial charge is 0.152 e. The summed E-state index contributed by atoms with van der Waals surface area (Å²) in [6.07, 6.45) is 5.37. The minimum absolute atomic E-state index is 0.307. The van der Waals surface area contributed by atoms with Crippen LogP contribution in [0, 0.1) is 12.7 Å². The normalized spacial score (nSPS) is 16.6. The van der Waals surface area contributed by atoms with Gasteiger partial charge in [0.1, 0.15) is 5.82 Å². The maximum atomic E-state index is 13.9. The van der Waals surface area contributed by atoms with Crippen LogP contribution in [0.1, 0.15) is 53.2 Å². The molecular formula is C15H16FNO. The molecule has 1 aromatic carbocycles. The number of aldehydes is 1. The van der Waals surface area contributed by atoms with Crippen LogP contribution >= 0.6 is 0 Å². The molecule has 0 aliphatic heterocycles. The Morgan fingerprint density at radius 2 is 2.06 bits per heavy atom. The Hall–Kier alpha value is -1.64. The van der Waals surface area contributed by atoms with Crippen molar-refractivity contribution in [3.63, 3.8) is 0 Å². The number of aryl methyl sites for hydroxylation is 1. The average Bonchev–Trinajstić information content (AvgIpc) is 2.99. The van der Waals surface area contributed by atoms with Crippen molar-refractivity contribution in [2.24, 2.45) is 0 Å². The zero-order valence-corrected chi connectivity index (χ0v) is 10.4. The van der Waals surface area contributed by atoms with Gasteiger partial charge in [0.15, 0.2) is 6.29 Å². The third kappa shape index (κ3) is 1.57. The van der Waals surface area contributed by atoms with E-state index < -0.39 is 0 Å². The Morgan fingerprint density at radius 3 is 2.72 bits per heavy atom. The van der Waals surface area contributed by atoms with Crippen molar-refractivity contribution in [3.8, 4) is 0 Å². The zero-order valence-electron chi connectivity index (χ0n) is 10.4. The van der Waals surface area contributed by atoms with E-state index in [1.54, 1.807) is 6.07 Å². The summed E-state index contributed by atoms with van der Waals surface area (Å²) in [5.41, 5.74) is 3.22. The van der Waals surface area contributed by atoms with E-state index in [2.05, 4.69) is 4.98 Å². The first-order chi connectivity index (χ1) is 8.72. The minimum Gasteiger partial charge on any atom is -0.357 e. The number of carbonyl (C=O) groups is 1. The number of halogens is 1. The monoisotopic (exact) mass is 245 g/mol. The van der Waals surface area contributed by atoms with Gasteiger partial charge in [-0.2, -0.15) is 0 Å². The summed E-state index contributed by atoms with van der Waals surface area (Å²) in [7, 11) is 0. The number of rotatable bonds is 2. The quantitative estimate of drug-likeness (QED) is 0.794. The van der Waals surface area contributed by atoms with Crippen molar-refractivity contribution < 1.29 is 9.18 Å². The maximum absolute atomic E-state index is 13.9. The lowest BCUT2D eigenvalue weighted by atomic mass is 9.99. The molecule has 2 nitrogen and oxygen atoms in total. The van der Waals surface area contributed by atoms with Gasteiger partial charge < -0.3 is 4.98 Å². The predicted octanol–water partition coefficient (Wildman–Crippen LogP) is 4.09. The molecule has 1 N–H and O–H groups in total. The summed E-state index contributed by atoms with van der Waals surface area (Å²) in [4.78, 5) is 14.6. The van der Waals surface area contributed by atoms with Crippen LogP contribution in [0.5, 0.6) is 0 Å². The Balaban J connectivity index is 2.29. The molecule has 0 atom stereocenters. The number of hydrogen-bond donors (Lipinski definition) is 1. The summed E-state index contributed by atoms with van der Waals surface area (Å²) in [5, 5.41) is 0.465. The first-order valence-corrected chi connectivity index (χ1v) is 6.48. The van der Waals surface area contributed by atoms with E-state index in [4.69, 9.17) is 0 Å². The number of benzene rings is 1. The van der Waals surface area contributed by atoms with Gasteiger partial charge in [-0.3, -0.25) is 4.79 Å². The van der Waals surface area contributed by atoms with Gasteiger partial charge in [0.25, 0.3) is 0 Å². The Labute approximate surface area is 105 Å². The molecule has 1 aliphatic carbocycles. The second-order valence-corrected chi connectivity index (χ2v) is 5.17. The van der Waals surface area contributed by atoms with Crippen LogP contribution in [-0.4, -0.2) is 11.3 Å². The number of aromatic amines is 1. The first kappa shape index (κ1) is 11.5. The minimum atomic E-state index is -0.307. The van der Waals surface area contributed by atoms with E-state index >= 15 is 0 Å². The molecule has 0 spiro atoms. The number of aromatic nitrogens is 1. The molecule has 1 fully saturated rings. The summed E-state index contributed by atoms with van der Waals surface area (Å²) < 4.78 is 13.9. The molecule has 3 rings (SSSR count). The van der Waals surface area contributed by atoms with Crippen LogP contribution in [0.2, 0.25) is 0 Å². The van der Waals surface area contributed by atoms with Crippen molar-refractivity contribution in [2.45, 2.75) is 38.5 Å². The molecule has 0 amide bonds. The van der Waals surface area contributed by atoms with E-state index in [1.807, 2.05) is 6.92 Å². The van der Waals surface area contributed by atoms with Gasteiger partial charge in [-0.25, -0.2) is 4.39 Å². The molecule has 1 saturated carbocycles. The second kappa shape index (κ2) is 4.23. The fourth-order valence-corrected chi connectivity index (χ4v) is 3.10. The molecule has 1 aromatic heterocycles. The molecule has 0 bridgehead atoms. The summed E-state index contributed by atoms with van der Waals surface area (Å²) >= 11 is 0. The van der Waals surface area contributed by atoms with Crippen LogP contribution in [-0.2, 0) is 0 Å². The van der Waals surface area contributed by atoms with E-state index in [1.165, 1.54) is 18.9 Å². The molecule has 0 saturated heterocycles. The Kier molecular flexibility index (Phi) is 2.69. The third-order valence-corrected chi connectivity index (χ3v) is 4.06. The van der Waals surface area contributed by atoms with Gasteiger partial charge in [0.05, 0.1) is 5.52 Å². The molecule has 94 valence electrons. The fourth-order valence-electron chi connectivity index (χ4n) is 3.10. The van der Waals surface area contributed by atoms with E-state index in [0.29, 0.717) is 16.9 Å². The third-order valence-electron chi connectivity index (χ3n) is 4.06. The molecule has 18 heavy (non-hydrogen) atoms. The zero-order chi connectivity index (χ0) is 12.7. The standard InChI is InChI=1S/C15H16FNO/c1-9-6-7-12(16)13-11(8-18)15(17-14(9)13)10-4-2-3-5-10/h6-8,10,17H,2-5H2,1H3. The molecule has 3 heteroatoms. The SMILES string of the molecule is Cc1ccc(F)c2c(C=O)c(C3CCCC3)[nH]c12. The highest BCUT2D eigenvalue weighted by atomic mass is 19.1. The molecule has 0 unspecified atom stereocenters. The van der Waals surface area contributed by atoms with Crippen LogP contribution < -0.4 is 0 Å². The Morgan fingerprint density at radius 1 is 1.33 bits per heavy atom. The van der Waals surface area contributed by atoms with Gasteiger partial charge in [0, 0.05) is 16.6 Å². The van der Waals surface area contributed by atoms with Crippen molar-refractivity contribution >= 4 is 17.2 Å². The number of hydrogen-bond acceptors (Lipinski definition) is 1. The molecule has 1 heterocycles. The first-order valence-electron chi connectivity index (χ1n) is 6.48. The molecular weight excluding hydrogens is 229 g/mol. The summed E-state index contributed by atoms with van der Waals surface area (Å²) in [6.45, 7) is 1.94. The summed E-state index contributed by atoms with van der Waals surface area (Å²) in [6, 6.07) is 3.19. The lowest BCUT2D eigenvalue weighted by Crippen LogP contribution is -1.96. The van der Waals surface area contributed by atoms with Crippen LogP contribution in [0.3, 0.4) is 0 Å². The van der Waals surface area contributed by atoms with Crippen LogP contribution in [0.15, 0.2) is 12.1 Å². The van der Waals surface area contributed by atoms with Crippen molar-refractivity contribution in [2.75, 3.05) is 0 Å². The van der Waals surface area contributed by atoms with Gasteiger partial charge in [-0.05, 0) is 37.3 Å². The highest BCUT2D eigenvalue weighted by Gasteiger charge is 2.24. The highest BCUT2D eigenvalue weighted by Crippen LogP contribution is 2.38. The van der Waals surface area contributed by atoms with Crippen LogP contribution in [0.4, 0.5) is 4.39 Å². The van der Waals surface area contributed by atoms with Gasteiger partial charge in [-0.15, -0.1) is 0 Å². The topological polar surface area (TPSA) is 32.9 Å². The number of H-pyrrole nitrogens is 1. The van der Waals surface area contributed by atoms with E-state index in [-0.39, 0.29) is 5.82 Å². The van der Waals surface area contributed by atoms with E-state index in [0.717, 1.165) is 35.9 Å². The van der Waals surface area contributed by atoms with Gasteiger partial charge in [0.2, 0.25) is 0 Å². The second-order valence-electron chi connectivity index (χ2n) is 5.17. The van der Waals surface area contributed by atoms with Crippen LogP contribution in [0.25, 0.3) is 10.9 Å². The number of fused-ring (bicyclic) bond motifs is 1. The number of carbonyl (C=O) groups excluding carboxylic acids is 1. The lowest BCUT2D eigenvalue weighted by Gasteiger charge is -2.07. The summed E-state index contributed by atoms with van der Waals surface area (Å²) in [5.74, 6) is 0.0783. The highest BCUT2D eigenvalue weighted by molar-refractivity contribution is 6.00. The van der Waals surface area contributed by atoms with Gasteiger partial charge >= 0.3 is 0 Å². The largest absolute Gasteiger partial charge is 0.357 e. The van der Waals surface area contributed by atoms with Crippen molar-refractivity contribution in [1.29, 1.82) is 0 Å². The van der Waals surface area contributed by atoms with E-state index in [9.17, 15) is 9.18 Å². The Bertz CT molecular complexity index is 608. The lowest BCUT2D eigenvalue weighted by molar-refractivity contribution is 0.112. The number of nitrogens with one attached hydrogen (secondary N) is 1. The van der Waals surface area contributed by atoms with Crippen molar-refractivity contribution in [1.82, 2.24) is 4.98 Å². The molecule has 2 aromatic rings. The van der Waals surface area contributed by atoms with Gasteiger partial charge in [-0.1, -0.05) is 18.9 Å². The van der Waals surface area contributed by atoms with Crippen molar-refractivity contribution in [3.05, 3.63) is 34.8 Å². The average molecular weight is 245 g/mol. The maximum Gasteiger partial charge on any atom is 0.152 e.